The first-order valence-corrected chi connectivity index (χ1v) is 11.6. The van der Waals surface area contributed by atoms with Crippen LogP contribution in [0.3, 0.4) is 0 Å². The van der Waals surface area contributed by atoms with Gasteiger partial charge in [0.1, 0.15) is 29.4 Å². The number of urea groups is 1. The maximum Gasteiger partial charge on any atom is 0.371 e. The number of barbiturate groups is 1. The Kier molecular flexibility index (Phi) is 7.85. The summed E-state index contributed by atoms with van der Waals surface area (Å²) in [6.45, 7) is 2.00. The number of carboxylic acid groups (broad SMARTS) is 1. The number of carbonyl (C=O) groups is 4. The molecule has 12 nitrogen and oxygen atoms in total. The van der Waals surface area contributed by atoms with Gasteiger partial charge in [0, 0.05) is 6.07 Å². The van der Waals surface area contributed by atoms with E-state index in [9.17, 15) is 19.2 Å². The largest absolute Gasteiger partial charge is 0.497 e. The van der Waals surface area contributed by atoms with Crippen LogP contribution in [0.15, 0.2) is 58.5 Å². The highest BCUT2D eigenvalue weighted by Crippen LogP contribution is 2.35. The zero-order valence-electron chi connectivity index (χ0n) is 21.2. The van der Waals surface area contributed by atoms with Crippen LogP contribution < -0.4 is 29.2 Å². The van der Waals surface area contributed by atoms with E-state index in [1.165, 1.54) is 44.6 Å². The van der Waals surface area contributed by atoms with Gasteiger partial charge in [0.2, 0.25) is 5.76 Å². The number of hydrogen-bond donors (Lipinski definition) is 2. The number of hydrogen-bond acceptors (Lipinski definition) is 9. The molecule has 0 unspecified atom stereocenters. The number of furan rings is 1. The van der Waals surface area contributed by atoms with Gasteiger partial charge in [-0.15, -0.1) is 0 Å². The summed E-state index contributed by atoms with van der Waals surface area (Å²) in [5.41, 5.74) is 0.258. The maximum atomic E-state index is 13.3. The zero-order valence-corrected chi connectivity index (χ0v) is 21.2. The summed E-state index contributed by atoms with van der Waals surface area (Å²) >= 11 is 0. The molecule has 3 aromatic rings. The Morgan fingerprint density at radius 2 is 1.77 bits per heavy atom. The van der Waals surface area contributed by atoms with Crippen molar-refractivity contribution in [2.45, 2.75) is 13.5 Å². The number of benzene rings is 2. The van der Waals surface area contributed by atoms with Gasteiger partial charge >= 0.3 is 12.0 Å². The molecule has 0 saturated carbocycles. The van der Waals surface area contributed by atoms with Crippen LogP contribution in [-0.2, 0) is 16.2 Å². The number of nitrogens with one attached hydrogen (secondary N) is 1. The summed E-state index contributed by atoms with van der Waals surface area (Å²) in [6.07, 6.45) is 1.32. The predicted octanol–water partition coefficient (Wildman–Crippen LogP) is 3.64. The van der Waals surface area contributed by atoms with Gasteiger partial charge in [0.25, 0.3) is 11.8 Å². The Labute approximate surface area is 222 Å². The van der Waals surface area contributed by atoms with Gasteiger partial charge in [0.05, 0.1) is 26.5 Å². The van der Waals surface area contributed by atoms with E-state index < -0.39 is 23.8 Å². The third-order valence-corrected chi connectivity index (χ3v) is 5.55. The van der Waals surface area contributed by atoms with Gasteiger partial charge in [-0.2, -0.15) is 0 Å². The van der Waals surface area contributed by atoms with E-state index in [0.29, 0.717) is 35.2 Å². The summed E-state index contributed by atoms with van der Waals surface area (Å²) in [4.78, 5) is 50.4. The van der Waals surface area contributed by atoms with Gasteiger partial charge in [-0.05, 0) is 55.0 Å². The van der Waals surface area contributed by atoms with Gasteiger partial charge in [-0.3, -0.25) is 14.9 Å². The fourth-order valence-corrected chi connectivity index (χ4v) is 3.73. The molecule has 202 valence electrons. The lowest BCUT2D eigenvalue weighted by molar-refractivity contribution is -0.122. The van der Waals surface area contributed by atoms with Crippen molar-refractivity contribution in [2.24, 2.45) is 0 Å². The van der Waals surface area contributed by atoms with Crippen molar-refractivity contribution in [3.8, 4) is 23.0 Å². The fraction of sp³-hybridized carbons (Fsp3) is 0.185. The first-order valence-electron chi connectivity index (χ1n) is 11.6. The second kappa shape index (κ2) is 11.4. The number of carbonyl (C=O) groups excluding carboxylic acids is 3. The molecular weight excluding hydrogens is 512 g/mol. The fourth-order valence-electron chi connectivity index (χ4n) is 3.73. The predicted molar refractivity (Wildman–Crippen MR) is 136 cm³/mol. The first-order chi connectivity index (χ1) is 18.7. The number of methoxy groups -OCH3 is 2. The maximum absolute atomic E-state index is 13.3. The van der Waals surface area contributed by atoms with E-state index in [4.69, 9.17) is 28.5 Å². The van der Waals surface area contributed by atoms with E-state index in [0.717, 1.165) is 4.90 Å². The van der Waals surface area contributed by atoms with E-state index >= 15 is 0 Å². The zero-order chi connectivity index (χ0) is 28.1. The van der Waals surface area contributed by atoms with Crippen LogP contribution in [0.25, 0.3) is 6.08 Å². The van der Waals surface area contributed by atoms with Gasteiger partial charge in [0.15, 0.2) is 11.5 Å². The Hall–Kier alpha value is -5.26. The molecule has 0 aliphatic carbocycles. The molecule has 1 aliphatic heterocycles. The molecule has 0 atom stereocenters. The minimum Gasteiger partial charge on any atom is -0.497 e. The molecule has 12 heteroatoms. The van der Waals surface area contributed by atoms with Crippen molar-refractivity contribution in [1.82, 2.24) is 5.32 Å². The van der Waals surface area contributed by atoms with Gasteiger partial charge in [-0.1, -0.05) is 6.07 Å². The number of carboxylic acids is 1. The molecule has 0 bridgehead atoms. The Morgan fingerprint density at radius 3 is 2.44 bits per heavy atom. The normalized spacial score (nSPS) is 14.3. The average molecular weight is 536 g/mol. The van der Waals surface area contributed by atoms with Gasteiger partial charge in [-0.25, -0.2) is 14.5 Å². The minimum absolute atomic E-state index is 0.0601. The lowest BCUT2D eigenvalue weighted by Gasteiger charge is -2.27. The van der Waals surface area contributed by atoms with E-state index in [1.54, 1.807) is 31.2 Å². The van der Waals surface area contributed by atoms with Crippen molar-refractivity contribution in [3.05, 3.63) is 71.2 Å². The topological polar surface area (TPSA) is 154 Å². The number of imide groups is 2. The molecule has 2 heterocycles. The second-order valence-electron chi connectivity index (χ2n) is 7.99. The van der Waals surface area contributed by atoms with Crippen LogP contribution in [0.1, 0.15) is 28.8 Å². The number of rotatable bonds is 10. The van der Waals surface area contributed by atoms with Crippen LogP contribution in [0.4, 0.5) is 10.5 Å². The number of ether oxygens (including phenoxy) is 4. The second-order valence-corrected chi connectivity index (χ2v) is 7.99. The third-order valence-electron chi connectivity index (χ3n) is 5.55. The highest BCUT2D eigenvalue weighted by Gasteiger charge is 2.38. The number of aromatic carboxylic acids is 1. The summed E-state index contributed by atoms with van der Waals surface area (Å²) in [5, 5.41) is 11.2. The molecule has 2 N–H and O–H groups in total. The van der Waals surface area contributed by atoms with Crippen LogP contribution in [0.2, 0.25) is 0 Å². The smallest absolute Gasteiger partial charge is 0.371 e. The molecule has 4 amide bonds. The monoisotopic (exact) mass is 536 g/mol. The molecular formula is C27H24N2O10. The van der Waals surface area contributed by atoms with Crippen molar-refractivity contribution >= 4 is 35.6 Å². The molecule has 39 heavy (non-hydrogen) atoms. The average Bonchev–Trinajstić information content (AvgIpc) is 3.40. The van der Waals surface area contributed by atoms with Crippen LogP contribution in [0, 0.1) is 0 Å². The van der Waals surface area contributed by atoms with Crippen LogP contribution in [-0.4, -0.2) is 49.7 Å². The van der Waals surface area contributed by atoms with Crippen molar-refractivity contribution in [1.29, 1.82) is 0 Å². The van der Waals surface area contributed by atoms with Gasteiger partial charge < -0.3 is 28.5 Å². The molecule has 0 radical (unpaired) electrons. The minimum atomic E-state index is -1.19. The number of nitrogens with zero attached hydrogens (tertiary/aromatic N) is 1. The third kappa shape index (κ3) is 5.69. The Balaban J connectivity index is 1.62. The molecule has 4 rings (SSSR count). The molecule has 1 fully saturated rings. The summed E-state index contributed by atoms with van der Waals surface area (Å²) in [7, 11) is 2.84. The molecule has 0 spiro atoms. The molecule has 1 aromatic heterocycles. The van der Waals surface area contributed by atoms with Crippen molar-refractivity contribution in [2.75, 3.05) is 25.7 Å². The molecule has 1 aliphatic rings. The summed E-state index contributed by atoms with van der Waals surface area (Å²) < 4.78 is 27.1. The van der Waals surface area contributed by atoms with E-state index in [2.05, 4.69) is 5.32 Å². The highest BCUT2D eigenvalue weighted by molar-refractivity contribution is 6.39. The summed E-state index contributed by atoms with van der Waals surface area (Å²) in [6, 6.07) is 11.1. The molecule has 1 saturated heterocycles. The molecule has 2 aromatic carbocycles. The first kappa shape index (κ1) is 26.8. The number of anilines is 1. The van der Waals surface area contributed by atoms with E-state index in [-0.39, 0.29) is 29.4 Å². The number of amides is 4. The van der Waals surface area contributed by atoms with Crippen molar-refractivity contribution < 1.29 is 47.6 Å². The lowest BCUT2D eigenvalue weighted by Crippen LogP contribution is -2.54. The summed E-state index contributed by atoms with van der Waals surface area (Å²) in [5.74, 6) is -1.54. The van der Waals surface area contributed by atoms with Crippen LogP contribution >= 0.6 is 0 Å². The standard InChI is InChI=1S/C27H24N2O10/c1-4-37-23-12-15(5-9-20(23)38-14-17-7-10-21(39-17)26(32)33)11-18-24(30)28-27(34)29(25(18)31)19-8-6-16(35-2)13-22(19)36-3/h5-13H,4,14H2,1-3H3,(H,32,33)(H,28,30,34). The SMILES string of the molecule is CCOc1cc(C=C2C(=O)NC(=O)N(c3ccc(OC)cc3OC)C2=O)ccc1OCc1ccc(C(=O)O)o1. The lowest BCUT2D eigenvalue weighted by atomic mass is 10.1. The quantitative estimate of drug-likeness (QED) is 0.290. The Morgan fingerprint density at radius 1 is 0.974 bits per heavy atom. The van der Waals surface area contributed by atoms with Crippen LogP contribution in [0.5, 0.6) is 23.0 Å². The highest BCUT2D eigenvalue weighted by atomic mass is 16.5. The Bertz CT molecular complexity index is 1470. The van der Waals surface area contributed by atoms with Crippen molar-refractivity contribution in [3.63, 3.8) is 0 Å². The van der Waals surface area contributed by atoms with E-state index in [1.807, 2.05) is 0 Å².